The molecule has 0 atom stereocenters. The molecule has 0 saturated heterocycles. The maximum absolute atomic E-state index is 0. The molecular formula is CH9AlI2. The van der Waals surface area contributed by atoms with Crippen molar-refractivity contribution in [2.75, 3.05) is 0 Å². The van der Waals surface area contributed by atoms with Crippen molar-refractivity contribution in [1.82, 2.24) is 0 Å². The highest BCUT2D eigenvalue weighted by molar-refractivity contribution is 14.0. The molecule has 0 amide bonds. The third kappa shape index (κ3) is 9.01. The molecule has 0 nitrogen and oxygen atoms in total. The van der Waals surface area contributed by atoms with Gasteiger partial charge in [-0.15, -0.1) is 48.0 Å². The van der Waals surface area contributed by atoms with Crippen molar-refractivity contribution in [3.63, 3.8) is 0 Å². The van der Waals surface area contributed by atoms with Crippen LogP contribution < -0.4 is 0 Å². The maximum atomic E-state index is 0. The first kappa shape index (κ1) is 37.6. The van der Waals surface area contributed by atoms with Gasteiger partial charge >= 0.3 is 0 Å². The van der Waals surface area contributed by atoms with E-state index in [9.17, 15) is 0 Å². The first-order chi connectivity index (χ1) is 0. The lowest BCUT2D eigenvalue weighted by Gasteiger charge is -0.108. The Balaban J connectivity index is 0. The van der Waals surface area contributed by atoms with E-state index in [2.05, 4.69) is 0 Å². The van der Waals surface area contributed by atoms with Gasteiger partial charge in [-0.3, -0.25) is 0 Å². The van der Waals surface area contributed by atoms with Gasteiger partial charge in [0, 0.05) is 0 Å². The van der Waals surface area contributed by atoms with Gasteiger partial charge in [0.25, 0.3) is 0 Å². The summed E-state index contributed by atoms with van der Waals surface area (Å²) in [7, 11) is 0. The summed E-state index contributed by atoms with van der Waals surface area (Å²) in [5.74, 6) is 0. The second kappa shape index (κ2) is 20.0. The van der Waals surface area contributed by atoms with Gasteiger partial charge in [-0.1, -0.05) is 7.43 Å². The molecule has 30 valence electrons. The van der Waals surface area contributed by atoms with Gasteiger partial charge in [0.2, 0.25) is 0 Å². The van der Waals surface area contributed by atoms with Gasteiger partial charge in [0.1, 0.15) is 0 Å². The minimum atomic E-state index is 0. The molecule has 4 heavy (non-hydrogen) atoms. The monoisotopic (exact) mass is 302 g/mol. The molecule has 0 aromatic rings. The number of hydrogen-bond acceptors (Lipinski definition) is 0. The van der Waals surface area contributed by atoms with Gasteiger partial charge in [-0.25, -0.2) is 0 Å². The van der Waals surface area contributed by atoms with Crippen molar-refractivity contribution in [2.24, 2.45) is 0 Å². The molecule has 0 aliphatic rings. The SMILES string of the molecule is C.I.I.[AlH3]. The van der Waals surface area contributed by atoms with Gasteiger partial charge in [0.15, 0.2) is 17.4 Å². The van der Waals surface area contributed by atoms with Crippen LogP contribution in [0.1, 0.15) is 7.43 Å². The molecule has 0 rings (SSSR count). The Kier molecular flexibility index (Phi) is 189. The first-order valence-corrected chi connectivity index (χ1v) is 0. The van der Waals surface area contributed by atoms with Crippen molar-refractivity contribution in [3.8, 4) is 0 Å². The normalized spacial score (nSPS) is 0. The average Bonchev–Trinajstić information content (AvgIpc) is 0. The molecule has 0 radical (unpaired) electrons. The smallest absolute Gasteiger partial charge is 0.107 e. The van der Waals surface area contributed by atoms with E-state index in [0.29, 0.717) is 0 Å². The summed E-state index contributed by atoms with van der Waals surface area (Å²) in [5, 5.41) is 0. The summed E-state index contributed by atoms with van der Waals surface area (Å²) >= 11 is 0. The predicted octanol–water partition coefficient (Wildman–Crippen LogP) is 0.688. The highest BCUT2D eigenvalue weighted by atomic mass is 127. The van der Waals surface area contributed by atoms with E-state index in [0.717, 1.165) is 0 Å². The third-order valence-electron chi connectivity index (χ3n) is 0. The van der Waals surface area contributed by atoms with Crippen LogP contribution in [0.25, 0.3) is 0 Å². The molecular weight excluding hydrogens is 293 g/mol. The topological polar surface area (TPSA) is 0 Å². The summed E-state index contributed by atoms with van der Waals surface area (Å²) in [6.45, 7) is 0. The Bertz CT molecular complexity index is 6.00. The lowest BCUT2D eigenvalue weighted by atomic mass is 12.0. The van der Waals surface area contributed by atoms with Crippen molar-refractivity contribution in [3.05, 3.63) is 0 Å². The Labute approximate surface area is 71.9 Å². The summed E-state index contributed by atoms with van der Waals surface area (Å²) in [6, 6.07) is 0. The van der Waals surface area contributed by atoms with Crippen molar-refractivity contribution >= 4 is 65.3 Å². The van der Waals surface area contributed by atoms with Crippen LogP contribution in [0, 0.1) is 0 Å². The summed E-state index contributed by atoms with van der Waals surface area (Å²) in [6.07, 6.45) is 0. The van der Waals surface area contributed by atoms with E-state index in [-0.39, 0.29) is 72.7 Å². The zero-order valence-electron chi connectivity index (χ0n) is 0.816. The molecule has 0 spiro atoms. The summed E-state index contributed by atoms with van der Waals surface area (Å²) in [4.78, 5) is 0. The van der Waals surface area contributed by atoms with E-state index in [1.165, 1.54) is 0 Å². The standard InChI is InChI=1S/CH4.Al.2HI.3H/h1H4;;2*1H;;;. The molecule has 0 unspecified atom stereocenters. The Morgan fingerprint density at radius 1 is 0.750 bits per heavy atom. The van der Waals surface area contributed by atoms with Crippen LogP contribution in [0.5, 0.6) is 0 Å². The molecule has 0 N–H and O–H groups in total. The van der Waals surface area contributed by atoms with E-state index < -0.39 is 0 Å². The van der Waals surface area contributed by atoms with Gasteiger partial charge in [-0.05, 0) is 0 Å². The molecule has 0 bridgehead atoms. The fourth-order valence-corrected chi connectivity index (χ4v) is 0. The predicted molar refractivity (Wildman–Crippen MR) is 47.5 cm³/mol. The first-order valence-electron chi connectivity index (χ1n) is 0. The average molecular weight is 302 g/mol. The van der Waals surface area contributed by atoms with Crippen molar-refractivity contribution in [1.29, 1.82) is 0 Å². The molecule has 0 saturated carbocycles. The van der Waals surface area contributed by atoms with Crippen molar-refractivity contribution < 1.29 is 0 Å². The third-order valence-corrected chi connectivity index (χ3v) is 0. The summed E-state index contributed by atoms with van der Waals surface area (Å²) < 4.78 is 0. The van der Waals surface area contributed by atoms with Gasteiger partial charge < -0.3 is 0 Å². The van der Waals surface area contributed by atoms with E-state index in [1.54, 1.807) is 0 Å². The van der Waals surface area contributed by atoms with Crippen LogP contribution in [0.15, 0.2) is 0 Å². The minimum Gasteiger partial charge on any atom is -0.107 e. The Morgan fingerprint density at radius 3 is 0.750 bits per heavy atom. The van der Waals surface area contributed by atoms with Crippen LogP contribution >= 0.6 is 48.0 Å². The largest absolute Gasteiger partial charge is 0.187 e. The van der Waals surface area contributed by atoms with Crippen molar-refractivity contribution in [2.45, 2.75) is 7.43 Å². The second-order valence-electron chi connectivity index (χ2n) is 0. The molecule has 0 aromatic carbocycles. The van der Waals surface area contributed by atoms with Crippen LogP contribution in [-0.4, -0.2) is 17.4 Å². The molecule has 0 fully saturated rings. The zero-order chi connectivity index (χ0) is 0. The van der Waals surface area contributed by atoms with E-state index in [1.807, 2.05) is 0 Å². The molecule has 0 heterocycles. The number of rotatable bonds is 0. The fourth-order valence-electron chi connectivity index (χ4n) is 0. The van der Waals surface area contributed by atoms with Gasteiger partial charge in [-0.2, -0.15) is 0 Å². The Hall–Kier alpha value is 1.99. The van der Waals surface area contributed by atoms with E-state index in [4.69, 9.17) is 0 Å². The minimum absolute atomic E-state index is 0. The molecule has 0 aromatic heterocycles. The second-order valence-corrected chi connectivity index (χ2v) is 0. The van der Waals surface area contributed by atoms with Gasteiger partial charge in [0.05, 0.1) is 0 Å². The van der Waals surface area contributed by atoms with Crippen LogP contribution in [-0.2, 0) is 0 Å². The number of hydrogen-bond donors (Lipinski definition) is 0. The maximum Gasteiger partial charge on any atom is 0.187 e. The highest BCUT2D eigenvalue weighted by Crippen LogP contribution is 0.887. The summed E-state index contributed by atoms with van der Waals surface area (Å²) in [5.41, 5.74) is 0. The zero-order valence-corrected chi connectivity index (χ0v) is 5.48. The number of halogens is 2. The quantitative estimate of drug-likeness (QED) is 0.456. The molecule has 3 heteroatoms. The lowest BCUT2D eigenvalue weighted by Crippen LogP contribution is -0.381. The van der Waals surface area contributed by atoms with E-state index >= 15 is 0 Å². The highest BCUT2D eigenvalue weighted by Gasteiger charge is 0.187. The Morgan fingerprint density at radius 2 is 0.750 bits per heavy atom. The molecule has 0 aliphatic carbocycles. The lowest BCUT2D eigenvalue weighted by molar-refractivity contribution is 2.50. The van der Waals surface area contributed by atoms with Crippen LogP contribution in [0.3, 0.4) is 0 Å². The fraction of sp³-hybridized carbons (Fsp3) is 1.00. The van der Waals surface area contributed by atoms with Crippen LogP contribution in [0.4, 0.5) is 0 Å². The molecule has 0 aliphatic heterocycles. The van der Waals surface area contributed by atoms with Crippen LogP contribution in [0.2, 0.25) is 0 Å².